The maximum Gasteiger partial charge on any atom is 0.253 e. The smallest absolute Gasteiger partial charge is 0.253 e. The van der Waals surface area contributed by atoms with Crippen molar-refractivity contribution in [2.75, 3.05) is 32.7 Å². The fraction of sp³-hybridized carbons (Fsp3) is 0.500. The number of nitrogens with zero attached hydrogens (tertiary/aromatic N) is 2. The molecule has 7 heteroatoms. The molecule has 1 unspecified atom stereocenters. The highest BCUT2D eigenvalue weighted by Crippen LogP contribution is 2.40. The van der Waals surface area contributed by atoms with E-state index < -0.39 is 0 Å². The highest BCUT2D eigenvalue weighted by molar-refractivity contribution is 5.98. The zero-order valence-corrected chi connectivity index (χ0v) is 16.4. The summed E-state index contributed by atoms with van der Waals surface area (Å²) in [5.74, 6) is 0.160. The van der Waals surface area contributed by atoms with Crippen molar-refractivity contribution in [3.8, 4) is 0 Å². The summed E-state index contributed by atoms with van der Waals surface area (Å²) < 4.78 is 0. The fourth-order valence-electron chi connectivity index (χ4n) is 5.13. The molecule has 4 heterocycles. The Labute approximate surface area is 169 Å². The number of aromatic nitrogens is 1. The van der Waals surface area contributed by atoms with Crippen molar-refractivity contribution in [3.05, 3.63) is 36.0 Å². The van der Waals surface area contributed by atoms with Crippen molar-refractivity contribution >= 4 is 28.6 Å². The molecule has 0 saturated carbocycles. The first-order valence-electron chi connectivity index (χ1n) is 10.4. The van der Waals surface area contributed by atoms with Crippen molar-refractivity contribution in [1.29, 1.82) is 0 Å². The van der Waals surface area contributed by atoms with Crippen LogP contribution >= 0.6 is 0 Å². The molecule has 152 valence electrons. The summed E-state index contributed by atoms with van der Waals surface area (Å²) >= 11 is 0. The van der Waals surface area contributed by atoms with Crippen LogP contribution in [0.3, 0.4) is 0 Å². The van der Waals surface area contributed by atoms with Crippen LogP contribution in [0.15, 0.2) is 30.5 Å². The van der Waals surface area contributed by atoms with E-state index in [1.807, 2.05) is 40.3 Å². The van der Waals surface area contributed by atoms with Crippen LogP contribution < -0.4 is 5.32 Å². The third kappa shape index (κ3) is 3.28. The summed E-state index contributed by atoms with van der Waals surface area (Å²) in [6, 6.07) is 7.73. The molecule has 1 aromatic heterocycles. The van der Waals surface area contributed by atoms with Gasteiger partial charge in [0.05, 0.1) is 5.92 Å². The van der Waals surface area contributed by atoms with E-state index in [-0.39, 0.29) is 29.1 Å². The average molecular weight is 394 g/mol. The molecule has 0 aliphatic carbocycles. The minimum absolute atomic E-state index is 0.0275. The number of benzene rings is 1. The molecule has 1 atom stereocenters. The van der Waals surface area contributed by atoms with Gasteiger partial charge >= 0.3 is 0 Å². The maximum absolute atomic E-state index is 12.9. The molecular weight excluding hydrogens is 368 g/mol. The summed E-state index contributed by atoms with van der Waals surface area (Å²) in [5.41, 5.74) is 1.77. The zero-order valence-electron chi connectivity index (χ0n) is 16.4. The van der Waals surface area contributed by atoms with E-state index in [0.29, 0.717) is 38.0 Å². The number of aromatic amines is 1. The second kappa shape index (κ2) is 6.90. The van der Waals surface area contributed by atoms with E-state index in [0.717, 1.165) is 36.8 Å². The Morgan fingerprint density at radius 1 is 1.10 bits per heavy atom. The van der Waals surface area contributed by atoms with Gasteiger partial charge in [-0.25, -0.2) is 0 Å². The Bertz CT molecular complexity index is 965. The molecule has 7 nitrogen and oxygen atoms in total. The van der Waals surface area contributed by atoms with Gasteiger partial charge in [0.2, 0.25) is 11.8 Å². The summed E-state index contributed by atoms with van der Waals surface area (Å²) in [6.07, 6.45) is 4.98. The molecule has 3 amide bonds. The molecule has 2 aromatic rings. The number of amides is 3. The maximum atomic E-state index is 12.9. The molecule has 1 aromatic carbocycles. The Hall–Kier alpha value is -2.83. The molecule has 0 radical (unpaired) electrons. The molecule has 29 heavy (non-hydrogen) atoms. The number of hydrogen-bond donors (Lipinski definition) is 2. The van der Waals surface area contributed by atoms with Gasteiger partial charge in [-0.15, -0.1) is 0 Å². The molecule has 3 aliphatic heterocycles. The van der Waals surface area contributed by atoms with Crippen LogP contribution in [0.25, 0.3) is 10.9 Å². The van der Waals surface area contributed by atoms with E-state index in [2.05, 4.69) is 10.3 Å². The number of carbonyl (C=O) groups is 3. The number of piperidine rings is 2. The van der Waals surface area contributed by atoms with Crippen LogP contribution in [-0.2, 0) is 9.59 Å². The van der Waals surface area contributed by atoms with Gasteiger partial charge in [-0.1, -0.05) is 0 Å². The number of hydrogen-bond acceptors (Lipinski definition) is 3. The number of H-pyrrole nitrogens is 1. The molecule has 3 aliphatic rings. The van der Waals surface area contributed by atoms with Gasteiger partial charge in [-0.05, 0) is 43.5 Å². The van der Waals surface area contributed by atoms with Crippen LogP contribution in [-0.4, -0.2) is 65.2 Å². The van der Waals surface area contributed by atoms with Gasteiger partial charge < -0.3 is 20.1 Å². The minimum Gasteiger partial charge on any atom is -0.361 e. The third-order valence-corrected chi connectivity index (χ3v) is 6.73. The van der Waals surface area contributed by atoms with Gasteiger partial charge in [0.15, 0.2) is 0 Å². The SMILES string of the molecule is O=C1CCC(C(=O)N2CCCC3(CN(C(=O)c4ccc5[nH]ccc5c4)C3)C2)CN1. The topological polar surface area (TPSA) is 85.5 Å². The molecule has 3 fully saturated rings. The number of likely N-dealkylation sites (tertiary alicyclic amines) is 2. The van der Waals surface area contributed by atoms with E-state index in [9.17, 15) is 14.4 Å². The van der Waals surface area contributed by atoms with Crippen LogP contribution in [0, 0.1) is 11.3 Å². The summed E-state index contributed by atoms with van der Waals surface area (Å²) in [6.45, 7) is 3.37. The normalized spacial score (nSPS) is 23.7. The van der Waals surface area contributed by atoms with Crippen molar-refractivity contribution in [1.82, 2.24) is 20.1 Å². The molecule has 0 bridgehead atoms. The quantitative estimate of drug-likeness (QED) is 0.814. The standard InChI is InChI=1S/C22H26N4O3/c27-19-5-3-17(11-24-19)21(29)25-9-1-7-22(12-25)13-26(14-22)20(28)16-2-4-18-15(10-16)6-8-23-18/h2,4,6,8,10,17,23H,1,3,5,7,9,11-14H2,(H,24,27). The van der Waals surface area contributed by atoms with Gasteiger partial charge in [-0.2, -0.15) is 0 Å². The minimum atomic E-state index is -0.103. The monoisotopic (exact) mass is 394 g/mol. The summed E-state index contributed by atoms with van der Waals surface area (Å²) in [4.78, 5) is 44.2. The fourth-order valence-corrected chi connectivity index (χ4v) is 5.13. The number of nitrogens with one attached hydrogen (secondary N) is 2. The highest BCUT2D eigenvalue weighted by Gasteiger charge is 2.48. The van der Waals surface area contributed by atoms with Crippen molar-refractivity contribution < 1.29 is 14.4 Å². The van der Waals surface area contributed by atoms with Crippen LogP contribution in [0.5, 0.6) is 0 Å². The first kappa shape index (κ1) is 18.2. The Balaban J connectivity index is 1.22. The molecule has 3 saturated heterocycles. The Morgan fingerprint density at radius 3 is 2.72 bits per heavy atom. The van der Waals surface area contributed by atoms with Gasteiger partial charge in [0.1, 0.15) is 0 Å². The molecule has 1 spiro atoms. The number of fused-ring (bicyclic) bond motifs is 1. The Kier molecular flexibility index (Phi) is 4.33. The Morgan fingerprint density at radius 2 is 1.93 bits per heavy atom. The lowest BCUT2D eigenvalue weighted by Gasteiger charge is -2.55. The second-order valence-electron chi connectivity index (χ2n) is 8.84. The number of rotatable bonds is 2. The third-order valence-electron chi connectivity index (χ3n) is 6.73. The predicted octanol–water partition coefficient (Wildman–Crippen LogP) is 1.76. The van der Waals surface area contributed by atoms with Gasteiger partial charge in [0, 0.05) is 67.2 Å². The van der Waals surface area contributed by atoms with Crippen molar-refractivity contribution in [2.45, 2.75) is 25.7 Å². The lowest BCUT2D eigenvalue weighted by Crippen LogP contribution is -2.65. The van der Waals surface area contributed by atoms with E-state index >= 15 is 0 Å². The summed E-state index contributed by atoms with van der Waals surface area (Å²) in [5, 5.41) is 3.85. The average Bonchev–Trinajstić information content (AvgIpc) is 3.19. The molecular formula is C22H26N4O3. The highest BCUT2D eigenvalue weighted by atomic mass is 16.2. The largest absolute Gasteiger partial charge is 0.361 e. The predicted molar refractivity (Wildman–Crippen MR) is 108 cm³/mol. The van der Waals surface area contributed by atoms with Gasteiger partial charge in [-0.3, -0.25) is 14.4 Å². The van der Waals surface area contributed by atoms with Crippen molar-refractivity contribution in [3.63, 3.8) is 0 Å². The van der Waals surface area contributed by atoms with E-state index in [4.69, 9.17) is 0 Å². The lowest BCUT2D eigenvalue weighted by molar-refractivity contribution is -0.143. The first-order valence-corrected chi connectivity index (χ1v) is 10.4. The summed E-state index contributed by atoms with van der Waals surface area (Å²) in [7, 11) is 0. The van der Waals surface area contributed by atoms with Crippen molar-refractivity contribution in [2.24, 2.45) is 11.3 Å². The van der Waals surface area contributed by atoms with E-state index in [1.165, 1.54) is 0 Å². The van der Waals surface area contributed by atoms with Crippen LogP contribution in [0.2, 0.25) is 0 Å². The van der Waals surface area contributed by atoms with E-state index in [1.54, 1.807) is 0 Å². The second-order valence-corrected chi connectivity index (χ2v) is 8.84. The number of carbonyl (C=O) groups excluding carboxylic acids is 3. The zero-order chi connectivity index (χ0) is 20.0. The van der Waals surface area contributed by atoms with Gasteiger partial charge in [0.25, 0.3) is 5.91 Å². The first-order chi connectivity index (χ1) is 14.0. The lowest BCUT2D eigenvalue weighted by atomic mass is 9.72. The van der Waals surface area contributed by atoms with Crippen LogP contribution in [0.4, 0.5) is 0 Å². The van der Waals surface area contributed by atoms with Crippen LogP contribution in [0.1, 0.15) is 36.0 Å². The molecule has 5 rings (SSSR count). The molecule has 2 N–H and O–H groups in total.